The molecule has 0 heterocycles. The first-order valence-corrected chi connectivity index (χ1v) is 11.3. The second-order valence-corrected chi connectivity index (χ2v) is 8.37. The quantitative estimate of drug-likeness (QED) is 0.363. The molecular weight excluding hydrogens is 418 g/mol. The van der Waals surface area contributed by atoms with Gasteiger partial charge in [0.15, 0.2) is 0 Å². The molecule has 0 aliphatic carbocycles. The Kier molecular flexibility index (Phi) is 9.39. The summed E-state index contributed by atoms with van der Waals surface area (Å²) >= 11 is 0. The number of benzene rings is 2. The van der Waals surface area contributed by atoms with Gasteiger partial charge >= 0.3 is 0 Å². The lowest BCUT2D eigenvalue weighted by Gasteiger charge is -2.07. The number of sulfonamides is 1. The summed E-state index contributed by atoms with van der Waals surface area (Å²) in [7, 11) is -2.16. The molecule has 3 N–H and O–H groups in total. The second-order valence-electron chi connectivity index (χ2n) is 6.49. The van der Waals surface area contributed by atoms with Gasteiger partial charge in [-0.3, -0.25) is 9.59 Å². The van der Waals surface area contributed by atoms with Crippen molar-refractivity contribution in [2.75, 3.05) is 32.1 Å². The van der Waals surface area contributed by atoms with Crippen molar-refractivity contribution in [1.82, 2.24) is 10.0 Å². The number of nitrogens with one attached hydrogen (secondary N) is 3. The summed E-state index contributed by atoms with van der Waals surface area (Å²) in [6, 6.07) is 12.8. The minimum Gasteiger partial charge on any atom is -0.382 e. The van der Waals surface area contributed by atoms with Crippen LogP contribution in [0.1, 0.15) is 29.3 Å². The van der Waals surface area contributed by atoms with Crippen LogP contribution in [0.4, 0.5) is 5.69 Å². The van der Waals surface area contributed by atoms with Crippen LogP contribution in [-0.2, 0) is 19.6 Å². The van der Waals surface area contributed by atoms with Gasteiger partial charge in [-0.25, -0.2) is 13.1 Å². The van der Waals surface area contributed by atoms with Crippen molar-refractivity contribution in [3.8, 4) is 0 Å². The summed E-state index contributed by atoms with van der Waals surface area (Å²) in [6.45, 7) is 3.66. The van der Waals surface area contributed by atoms with Gasteiger partial charge in [-0.1, -0.05) is 18.2 Å². The first-order valence-electron chi connectivity index (χ1n) is 9.84. The van der Waals surface area contributed by atoms with Crippen LogP contribution in [0.5, 0.6) is 0 Å². The van der Waals surface area contributed by atoms with Crippen LogP contribution in [-0.4, -0.2) is 47.0 Å². The Labute approximate surface area is 182 Å². The molecule has 0 atom stereocenters. The SMILES string of the molecule is CCOCCCNC(=O)c1cccc(NC(=O)C=Cc2ccc(S(=O)(=O)NC)cc2)c1. The van der Waals surface area contributed by atoms with E-state index in [0.717, 1.165) is 6.42 Å². The molecule has 0 saturated heterocycles. The minimum atomic E-state index is -3.50. The molecule has 8 nitrogen and oxygen atoms in total. The van der Waals surface area contributed by atoms with E-state index in [-0.39, 0.29) is 16.7 Å². The van der Waals surface area contributed by atoms with E-state index < -0.39 is 10.0 Å². The normalized spacial score (nSPS) is 11.4. The van der Waals surface area contributed by atoms with Gasteiger partial charge in [0.1, 0.15) is 0 Å². The van der Waals surface area contributed by atoms with Crippen molar-refractivity contribution in [3.63, 3.8) is 0 Å². The van der Waals surface area contributed by atoms with Crippen LogP contribution >= 0.6 is 0 Å². The van der Waals surface area contributed by atoms with Gasteiger partial charge in [0.2, 0.25) is 15.9 Å². The van der Waals surface area contributed by atoms with Gasteiger partial charge in [-0.15, -0.1) is 0 Å². The highest BCUT2D eigenvalue weighted by molar-refractivity contribution is 7.89. The van der Waals surface area contributed by atoms with E-state index >= 15 is 0 Å². The Hall–Kier alpha value is -3.01. The summed E-state index contributed by atoms with van der Waals surface area (Å²) < 4.78 is 30.9. The van der Waals surface area contributed by atoms with Crippen molar-refractivity contribution in [3.05, 3.63) is 65.7 Å². The predicted molar refractivity (Wildman–Crippen MR) is 120 cm³/mol. The molecule has 0 aromatic heterocycles. The fraction of sp³-hybridized carbons (Fsp3) is 0.273. The highest BCUT2D eigenvalue weighted by Crippen LogP contribution is 2.13. The molecule has 0 spiro atoms. The van der Waals surface area contributed by atoms with Crippen molar-refractivity contribution >= 4 is 33.6 Å². The Bertz CT molecular complexity index is 1020. The number of hydrogen-bond acceptors (Lipinski definition) is 5. The number of carbonyl (C=O) groups excluding carboxylic acids is 2. The van der Waals surface area contributed by atoms with E-state index in [4.69, 9.17) is 4.74 Å². The van der Waals surface area contributed by atoms with Crippen molar-refractivity contribution in [2.45, 2.75) is 18.2 Å². The monoisotopic (exact) mass is 445 g/mol. The van der Waals surface area contributed by atoms with Crippen LogP contribution < -0.4 is 15.4 Å². The number of hydrogen-bond donors (Lipinski definition) is 3. The topological polar surface area (TPSA) is 114 Å². The number of ether oxygens (including phenoxy) is 1. The first kappa shape index (κ1) is 24.3. The van der Waals surface area contributed by atoms with E-state index in [1.165, 1.54) is 25.3 Å². The van der Waals surface area contributed by atoms with Gasteiger partial charge in [-0.05, 0) is 62.4 Å². The maximum atomic E-state index is 12.2. The average molecular weight is 446 g/mol. The highest BCUT2D eigenvalue weighted by Gasteiger charge is 2.10. The highest BCUT2D eigenvalue weighted by atomic mass is 32.2. The van der Waals surface area contributed by atoms with Crippen LogP contribution in [0.2, 0.25) is 0 Å². The smallest absolute Gasteiger partial charge is 0.251 e. The second kappa shape index (κ2) is 12.0. The molecule has 9 heteroatoms. The van der Waals surface area contributed by atoms with Gasteiger partial charge in [0.25, 0.3) is 5.91 Å². The minimum absolute atomic E-state index is 0.143. The molecule has 2 amide bonds. The predicted octanol–water partition coefficient (Wildman–Crippen LogP) is 2.40. The summed E-state index contributed by atoms with van der Waals surface area (Å²) in [5.74, 6) is -0.596. The molecule has 2 aromatic rings. The van der Waals surface area contributed by atoms with Gasteiger partial charge in [0, 0.05) is 37.1 Å². The third kappa shape index (κ3) is 7.97. The van der Waals surface area contributed by atoms with E-state index in [0.29, 0.717) is 36.6 Å². The fourth-order valence-corrected chi connectivity index (χ4v) is 3.32. The number of carbonyl (C=O) groups is 2. The molecule has 0 aliphatic heterocycles. The van der Waals surface area contributed by atoms with Crippen molar-refractivity contribution < 1.29 is 22.7 Å². The number of amides is 2. The summed E-state index contributed by atoms with van der Waals surface area (Å²) in [4.78, 5) is 24.6. The maximum Gasteiger partial charge on any atom is 0.251 e. The summed E-state index contributed by atoms with van der Waals surface area (Å²) in [6.07, 6.45) is 3.63. The van der Waals surface area contributed by atoms with Gasteiger partial charge in [-0.2, -0.15) is 0 Å². The summed E-state index contributed by atoms with van der Waals surface area (Å²) in [5.41, 5.74) is 1.61. The fourth-order valence-electron chi connectivity index (χ4n) is 2.59. The molecule has 0 bridgehead atoms. The zero-order valence-corrected chi connectivity index (χ0v) is 18.4. The zero-order chi connectivity index (χ0) is 22.7. The van der Waals surface area contributed by atoms with Crippen LogP contribution in [0.25, 0.3) is 6.08 Å². The largest absolute Gasteiger partial charge is 0.382 e. The zero-order valence-electron chi connectivity index (χ0n) is 17.6. The maximum absolute atomic E-state index is 12.2. The summed E-state index contributed by atoms with van der Waals surface area (Å²) in [5, 5.41) is 5.52. The number of anilines is 1. The van der Waals surface area contributed by atoms with Crippen LogP contribution in [0.15, 0.2) is 59.5 Å². The van der Waals surface area contributed by atoms with E-state index in [9.17, 15) is 18.0 Å². The lowest BCUT2D eigenvalue weighted by atomic mass is 10.2. The molecule has 0 fully saturated rings. The van der Waals surface area contributed by atoms with Crippen molar-refractivity contribution in [2.24, 2.45) is 0 Å². The molecule has 0 saturated carbocycles. The third-order valence-electron chi connectivity index (χ3n) is 4.23. The van der Waals surface area contributed by atoms with E-state index in [1.54, 1.807) is 42.5 Å². The average Bonchev–Trinajstić information content (AvgIpc) is 2.78. The molecule has 0 unspecified atom stereocenters. The van der Waals surface area contributed by atoms with Crippen LogP contribution in [0.3, 0.4) is 0 Å². The van der Waals surface area contributed by atoms with E-state index in [1.807, 2.05) is 6.92 Å². The Morgan fingerprint density at radius 1 is 1.10 bits per heavy atom. The first-order chi connectivity index (χ1) is 14.9. The van der Waals surface area contributed by atoms with Gasteiger partial charge in [0.05, 0.1) is 4.90 Å². The lowest BCUT2D eigenvalue weighted by molar-refractivity contribution is -0.111. The van der Waals surface area contributed by atoms with Crippen molar-refractivity contribution in [1.29, 1.82) is 0 Å². The molecule has 0 radical (unpaired) electrons. The van der Waals surface area contributed by atoms with Gasteiger partial charge < -0.3 is 15.4 Å². The molecule has 2 aromatic carbocycles. The molecular formula is C22H27N3O5S. The van der Waals surface area contributed by atoms with Crippen LogP contribution in [0, 0.1) is 0 Å². The molecule has 166 valence electrons. The standard InChI is InChI=1S/C22H27N3O5S/c1-3-30-15-5-14-24-22(27)18-6-4-7-19(16-18)25-21(26)13-10-17-8-11-20(12-9-17)31(28,29)23-2/h4,6-13,16,23H,3,5,14-15H2,1-2H3,(H,24,27)(H,25,26). The Balaban J connectivity index is 1.92. The molecule has 31 heavy (non-hydrogen) atoms. The third-order valence-corrected chi connectivity index (χ3v) is 5.66. The number of rotatable bonds is 11. The Morgan fingerprint density at radius 2 is 1.84 bits per heavy atom. The Morgan fingerprint density at radius 3 is 2.52 bits per heavy atom. The lowest BCUT2D eigenvalue weighted by Crippen LogP contribution is -2.25. The van der Waals surface area contributed by atoms with E-state index in [2.05, 4.69) is 15.4 Å². The molecule has 2 rings (SSSR count). The molecule has 0 aliphatic rings.